The summed E-state index contributed by atoms with van der Waals surface area (Å²) in [7, 11) is 0. The van der Waals surface area contributed by atoms with E-state index in [2.05, 4.69) is 17.2 Å². The number of carbonyl (C=O) groups is 1. The zero-order valence-electron chi connectivity index (χ0n) is 16.0. The van der Waals surface area contributed by atoms with Gasteiger partial charge in [0.05, 0.1) is 28.9 Å². The molecule has 146 valence electrons. The Balaban J connectivity index is 1.86. The van der Waals surface area contributed by atoms with Gasteiger partial charge in [0.2, 0.25) is 0 Å². The molecule has 2 aromatic carbocycles. The van der Waals surface area contributed by atoms with E-state index >= 15 is 0 Å². The Hall–Kier alpha value is -2.99. The zero-order chi connectivity index (χ0) is 20.2. The summed E-state index contributed by atoms with van der Waals surface area (Å²) in [4.78, 5) is 23.8. The van der Waals surface area contributed by atoms with Crippen LogP contribution in [0.3, 0.4) is 0 Å². The highest BCUT2D eigenvalue weighted by Gasteiger charge is 2.23. The van der Waals surface area contributed by atoms with Gasteiger partial charge in [0.25, 0.3) is 5.91 Å². The summed E-state index contributed by atoms with van der Waals surface area (Å²) >= 11 is 1.57. The number of unbranched alkanes of at least 4 members (excludes halogenated alkanes) is 1. The van der Waals surface area contributed by atoms with E-state index < -0.39 is 5.82 Å². The Morgan fingerprint density at radius 2 is 1.90 bits per heavy atom. The minimum atomic E-state index is -0.401. The number of nitrogens with one attached hydrogen (secondary N) is 1. The highest BCUT2D eigenvalue weighted by Crippen LogP contribution is 2.42. The molecule has 1 aliphatic rings. The topological polar surface area (TPSA) is 54.4 Å². The van der Waals surface area contributed by atoms with Crippen LogP contribution in [0.5, 0.6) is 0 Å². The molecule has 4 nitrogen and oxygen atoms in total. The minimum absolute atomic E-state index is 0.142. The van der Waals surface area contributed by atoms with Gasteiger partial charge in [0.15, 0.2) is 0 Å². The molecular weight excluding hydrogens is 385 g/mol. The number of hydrogen-bond acceptors (Lipinski definition) is 4. The second-order valence-corrected chi connectivity index (χ2v) is 7.77. The van der Waals surface area contributed by atoms with Crippen molar-refractivity contribution in [3.05, 3.63) is 83.4 Å². The van der Waals surface area contributed by atoms with Crippen LogP contribution in [0.1, 0.15) is 41.4 Å². The van der Waals surface area contributed by atoms with Gasteiger partial charge >= 0.3 is 0 Å². The summed E-state index contributed by atoms with van der Waals surface area (Å²) in [5.74, 6) is -0.543. The second kappa shape index (κ2) is 8.57. The molecule has 1 aliphatic heterocycles. The molecule has 1 N–H and O–H groups in total. The van der Waals surface area contributed by atoms with E-state index in [0.717, 1.165) is 28.2 Å². The standard InChI is InChI=1S/C23H20FN3OS/c1-2-3-13-25-23(28)17-8-6-10-20-22(17)27-21(18-12-11-15(24)14-26-18)16-7-4-5-9-19(16)29-20/h4-12,14H,2-3,13H2,1H3,(H,25,28). The summed E-state index contributed by atoms with van der Waals surface area (Å²) < 4.78 is 13.4. The van der Waals surface area contributed by atoms with Crippen LogP contribution in [-0.2, 0) is 0 Å². The molecule has 4 rings (SSSR count). The van der Waals surface area contributed by atoms with E-state index in [-0.39, 0.29) is 5.91 Å². The van der Waals surface area contributed by atoms with Crippen molar-refractivity contribution in [1.82, 2.24) is 10.3 Å². The van der Waals surface area contributed by atoms with E-state index in [9.17, 15) is 9.18 Å². The van der Waals surface area contributed by atoms with Gasteiger partial charge in [-0.2, -0.15) is 0 Å². The first-order valence-electron chi connectivity index (χ1n) is 9.56. The molecule has 0 radical (unpaired) electrons. The zero-order valence-corrected chi connectivity index (χ0v) is 16.8. The average Bonchev–Trinajstić information content (AvgIpc) is 2.91. The predicted molar refractivity (Wildman–Crippen MR) is 114 cm³/mol. The Labute approximate surface area is 173 Å². The molecule has 0 spiro atoms. The van der Waals surface area contributed by atoms with Crippen molar-refractivity contribution in [2.75, 3.05) is 6.54 Å². The molecule has 0 unspecified atom stereocenters. The molecule has 0 saturated carbocycles. The summed E-state index contributed by atoms with van der Waals surface area (Å²) in [5.41, 5.74) is 3.24. The first kappa shape index (κ1) is 19.3. The number of pyridine rings is 1. The quantitative estimate of drug-likeness (QED) is 0.453. The van der Waals surface area contributed by atoms with Gasteiger partial charge in [0, 0.05) is 21.9 Å². The predicted octanol–water partition coefficient (Wildman–Crippen LogP) is 5.38. The summed E-state index contributed by atoms with van der Waals surface area (Å²) in [6.07, 6.45) is 3.12. The number of carbonyl (C=O) groups excluding carboxylic acids is 1. The fraction of sp³-hybridized carbons (Fsp3) is 0.174. The van der Waals surface area contributed by atoms with Gasteiger partial charge in [0.1, 0.15) is 5.82 Å². The molecule has 29 heavy (non-hydrogen) atoms. The van der Waals surface area contributed by atoms with Crippen molar-refractivity contribution < 1.29 is 9.18 Å². The largest absolute Gasteiger partial charge is 0.352 e. The highest BCUT2D eigenvalue weighted by atomic mass is 32.2. The summed E-state index contributed by atoms with van der Waals surface area (Å²) in [5, 5.41) is 2.97. The van der Waals surface area contributed by atoms with Crippen LogP contribution < -0.4 is 5.32 Å². The number of rotatable bonds is 5. The molecule has 1 amide bonds. The lowest BCUT2D eigenvalue weighted by Crippen LogP contribution is -2.24. The van der Waals surface area contributed by atoms with Crippen LogP contribution in [0.15, 0.2) is 75.6 Å². The maximum absolute atomic E-state index is 13.4. The van der Waals surface area contributed by atoms with Crippen molar-refractivity contribution in [2.45, 2.75) is 29.6 Å². The Kier molecular flexibility index (Phi) is 5.71. The second-order valence-electron chi connectivity index (χ2n) is 6.68. The monoisotopic (exact) mass is 405 g/mol. The summed E-state index contributed by atoms with van der Waals surface area (Å²) in [6, 6.07) is 16.5. The van der Waals surface area contributed by atoms with E-state index in [4.69, 9.17) is 4.99 Å². The number of para-hydroxylation sites is 1. The van der Waals surface area contributed by atoms with Gasteiger partial charge in [-0.25, -0.2) is 9.38 Å². The lowest BCUT2D eigenvalue weighted by molar-refractivity contribution is 0.0953. The third kappa shape index (κ3) is 4.07. The van der Waals surface area contributed by atoms with Gasteiger partial charge in [-0.3, -0.25) is 9.78 Å². The molecule has 0 saturated heterocycles. The lowest BCUT2D eigenvalue weighted by atomic mass is 10.1. The number of nitrogens with zero attached hydrogens (tertiary/aromatic N) is 2. The molecule has 2 heterocycles. The molecular formula is C23H20FN3OS. The van der Waals surface area contributed by atoms with Crippen molar-refractivity contribution in [1.29, 1.82) is 0 Å². The molecule has 6 heteroatoms. The van der Waals surface area contributed by atoms with Crippen molar-refractivity contribution in [3.8, 4) is 0 Å². The first-order valence-corrected chi connectivity index (χ1v) is 10.4. The maximum Gasteiger partial charge on any atom is 0.253 e. The van der Waals surface area contributed by atoms with Crippen molar-refractivity contribution in [3.63, 3.8) is 0 Å². The average molecular weight is 405 g/mol. The molecule has 0 atom stereocenters. The van der Waals surface area contributed by atoms with Gasteiger partial charge < -0.3 is 5.32 Å². The Morgan fingerprint density at radius 3 is 2.69 bits per heavy atom. The highest BCUT2D eigenvalue weighted by molar-refractivity contribution is 7.99. The van der Waals surface area contributed by atoms with Crippen LogP contribution in [0.25, 0.3) is 0 Å². The molecule has 0 fully saturated rings. The molecule has 1 aromatic heterocycles. The molecule has 0 aliphatic carbocycles. The SMILES string of the molecule is CCCCNC(=O)c1cccc2c1N=C(c1ccc(F)cn1)c1ccccc1S2. The van der Waals surface area contributed by atoms with Crippen LogP contribution in [0, 0.1) is 5.82 Å². The normalized spacial score (nSPS) is 12.4. The number of halogens is 1. The smallest absolute Gasteiger partial charge is 0.253 e. The number of benzene rings is 2. The van der Waals surface area contributed by atoms with Crippen molar-refractivity contribution in [2.24, 2.45) is 4.99 Å². The van der Waals surface area contributed by atoms with E-state index in [1.54, 1.807) is 23.9 Å². The minimum Gasteiger partial charge on any atom is -0.352 e. The van der Waals surface area contributed by atoms with Crippen LogP contribution >= 0.6 is 11.8 Å². The number of aromatic nitrogens is 1. The van der Waals surface area contributed by atoms with Crippen LogP contribution in [0.4, 0.5) is 10.1 Å². The third-order valence-electron chi connectivity index (χ3n) is 4.62. The number of hydrogen-bond donors (Lipinski definition) is 1. The lowest BCUT2D eigenvalue weighted by Gasteiger charge is -2.10. The van der Waals surface area contributed by atoms with Gasteiger partial charge in [-0.05, 0) is 36.8 Å². The van der Waals surface area contributed by atoms with Crippen LogP contribution in [0.2, 0.25) is 0 Å². The van der Waals surface area contributed by atoms with Gasteiger partial charge in [-0.1, -0.05) is 49.4 Å². The van der Waals surface area contributed by atoms with E-state index in [0.29, 0.717) is 29.2 Å². The van der Waals surface area contributed by atoms with E-state index in [1.807, 2.05) is 36.4 Å². The fourth-order valence-electron chi connectivity index (χ4n) is 3.13. The maximum atomic E-state index is 13.4. The molecule has 3 aromatic rings. The third-order valence-corrected chi connectivity index (χ3v) is 5.74. The Morgan fingerprint density at radius 1 is 1.07 bits per heavy atom. The van der Waals surface area contributed by atoms with Crippen molar-refractivity contribution >= 4 is 29.1 Å². The summed E-state index contributed by atoms with van der Waals surface area (Å²) in [6.45, 7) is 2.71. The number of aliphatic imine (C=N–C) groups is 1. The first-order chi connectivity index (χ1) is 14.2. The Bertz CT molecular complexity index is 1080. The number of amides is 1. The molecule has 0 bridgehead atoms. The van der Waals surface area contributed by atoms with Gasteiger partial charge in [-0.15, -0.1) is 0 Å². The fourth-order valence-corrected chi connectivity index (χ4v) is 4.19. The number of fused-ring (bicyclic) bond motifs is 2. The van der Waals surface area contributed by atoms with Crippen LogP contribution in [-0.4, -0.2) is 23.1 Å². The van der Waals surface area contributed by atoms with E-state index in [1.165, 1.54) is 12.3 Å².